The van der Waals surface area contributed by atoms with Gasteiger partial charge in [-0.25, -0.2) is 9.59 Å². The Morgan fingerprint density at radius 2 is 1.85 bits per heavy atom. The Bertz CT molecular complexity index is 857. The number of alkyl carbamates (subject to hydrolysis) is 1. The van der Waals surface area contributed by atoms with Crippen LogP contribution >= 0.6 is 0 Å². The molecule has 0 aromatic heterocycles. The number of hydrogen-bond donors (Lipinski definition) is 3. The SMILES string of the molecule is C=C[C@@H]1CC1(NC(=O)[C@@H]1CCCN1C(=O)[C@@H](NC(=O)O[C@@H]1C[C@@H]2C[C@@H]2C1)C(C)(C)C)C(=O)O. The van der Waals surface area contributed by atoms with Crippen LogP contribution in [0.2, 0.25) is 0 Å². The summed E-state index contributed by atoms with van der Waals surface area (Å²) in [5, 5.41) is 15.0. The van der Waals surface area contributed by atoms with Crippen LogP contribution < -0.4 is 10.6 Å². The number of carboxylic acid groups (broad SMARTS) is 1. The van der Waals surface area contributed by atoms with Gasteiger partial charge < -0.3 is 25.4 Å². The summed E-state index contributed by atoms with van der Waals surface area (Å²) in [5.41, 5.74) is -1.95. The first kappa shape index (κ1) is 23.6. The summed E-state index contributed by atoms with van der Waals surface area (Å²) >= 11 is 0. The largest absolute Gasteiger partial charge is 0.479 e. The minimum absolute atomic E-state index is 0.0988. The predicted molar refractivity (Wildman–Crippen MR) is 119 cm³/mol. The van der Waals surface area contributed by atoms with Gasteiger partial charge in [-0.2, -0.15) is 0 Å². The van der Waals surface area contributed by atoms with Crippen LogP contribution in [0.1, 0.15) is 59.3 Å². The number of likely N-dealkylation sites (tertiary alicyclic amines) is 1. The molecule has 3 aliphatic carbocycles. The van der Waals surface area contributed by atoms with E-state index >= 15 is 0 Å². The summed E-state index contributed by atoms with van der Waals surface area (Å²) < 4.78 is 5.57. The van der Waals surface area contributed by atoms with Crippen molar-refractivity contribution in [3.05, 3.63) is 12.7 Å². The molecule has 182 valence electrons. The normalized spacial score (nSPS) is 35.2. The molecule has 3 saturated carbocycles. The molecule has 1 unspecified atom stereocenters. The van der Waals surface area contributed by atoms with Crippen LogP contribution in [0, 0.1) is 23.2 Å². The zero-order chi connectivity index (χ0) is 24.1. The molecule has 3 N–H and O–H groups in total. The molecule has 4 aliphatic rings. The van der Waals surface area contributed by atoms with E-state index in [1.807, 2.05) is 20.8 Å². The van der Waals surface area contributed by atoms with E-state index in [-0.39, 0.29) is 17.9 Å². The highest BCUT2D eigenvalue weighted by Crippen LogP contribution is 2.52. The molecule has 0 spiro atoms. The zero-order valence-corrected chi connectivity index (χ0v) is 19.6. The predicted octanol–water partition coefficient (Wildman–Crippen LogP) is 2.06. The molecule has 1 heterocycles. The first-order valence-corrected chi connectivity index (χ1v) is 11.9. The topological polar surface area (TPSA) is 125 Å². The first-order chi connectivity index (χ1) is 15.5. The van der Waals surface area contributed by atoms with Crippen molar-refractivity contribution in [3.8, 4) is 0 Å². The van der Waals surface area contributed by atoms with Crippen LogP contribution in [-0.2, 0) is 19.1 Å². The number of hydrogen-bond acceptors (Lipinski definition) is 5. The Labute approximate surface area is 194 Å². The molecule has 7 atom stereocenters. The molecular weight excluding hydrogens is 426 g/mol. The molecule has 0 radical (unpaired) electrons. The lowest BCUT2D eigenvalue weighted by Gasteiger charge is -2.35. The number of rotatable bonds is 7. The third kappa shape index (κ3) is 4.59. The van der Waals surface area contributed by atoms with Crippen molar-refractivity contribution < 1.29 is 29.0 Å². The van der Waals surface area contributed by atoms with Crippen molar-refractivity contribution in [3.63, 3.8) is 0 Å². The molecule has 0 aromatic rings. The second kappa shape index (κ2) is 8.33. The standard InChI is InChI=1S/C24H35N3O6/c1-5-15-12-24(15,21(30)31)26-19(28)17-7-6-8-27(17)20(29)18(23(2,3)4)25-22(32)33-16-10-13-9-14(13)11-16/h5,13-18H,1,6-12H2,2-4H3,(H,25,32)(H,26,28)(H,30,31)/t13-,14+,15-,16+,17+,18-,24?/m1/s1. The molecule has 4 rings (SSSR count). The molecule has 1 aliphatic heterocycles. The van der Waals surface area contributed by atoms with E-state index < -0.39 is 41.0 Å². The molecule has 1 saturated heterocycles. The summed E-state index contributed by atoms with van der Waals surface area (Å²) in [5.74, 6) is -0.913. The number of carboxylic acids is 1. The van der Waals surface area contributed by atoms with Gasteiger partial charge in [-0.05, 0) is 55.8 Å². The Balaban J connectivity index is 1.41. The highest BCUT2D eigenvalue weighted by Gasteiger charge is 2.61. The molecule has 4 fully saturated rings. The van der Waals surface area contributed by atoms with Crippen molar-refractivity contribution >= 4 is 23.9 Å². The van der Waals surface area contributed by atoms with E-state index in [1.54, 1.807) is 0 Å². The summed E-state index contributed by atoms with van der Waals surface area (Å²) in [6.45, 7) is 9.56. The monoisotopic (exact) mass is 461 g/mol. The molecular formula is C24H35N3O6. The highest BCUT2D eigenvalue weighted by molar-refractivity contribution is 5.96. The van der Waals surface area contributed by atoms with Crippen LogP contribution in [0.25, 0.3) is 0 Å². The van der Waals surface area contributed by atoms with E-state index in [0.29, 0.717) is 37.6 Å². The van der Waals surface area contributed by atoms with Gasteiger partial charge in [0.25, 0.3) is 0 Å². The van der Waals surface area contributed by atoms with Crippen LogP contribution in [0.15, 0.2) is 12.7 Å². The third-order valence-electron chi connectivity index (χ3n) is 7.71. The number of carbonyl (C=O) groups excluding carboxylic acids is 3. The van der Waals surface area contributed by atoms with E-state index in [0.717, 1.165) is 12.8 Å². The fraction of sp³-hybridized carbons (Fsp3) is 0.750. The fourth-order valence-corrected chi connectivity index (χ4v) is 5.49. The average Bonchev–Trinajstić information content (AvgIpc) is 3.50. The number of nitrogens with one attached hydrogen (secondary N) is 2. The van der Waals surface area contributed by atoms with E-state index in [1.165, 1.54) is 17.4 Å². The van der Waals surface area contributed by atoms with Gasteiger partial charge in [-0.15, -0.1) is 6.58 Å². The van der Waals surface area contributed by atoms with E-state index in [4.69, 9.17) is 4.74 Å². The van der Waals surface area contributed by atoms with Gasteiger partial charge in [0.1, 0.15) is 23.7 Å². The summed E-state index contributed by atoms with van der Waals surface area (Å²) in [7, 11) is 0. The van der Waals surface area contributed by atoms with Crippen molar-refractivity contribution in [2.45, 2.75) is 83.0 Å². The molecule has 33 heavy (non-hydrogen) atoms. The Morgan fingerprint density at radius 3 is 2.39 bits per heavy atom. The number of nitrogens with zero attached hydrogens (tertiary/aromatic N) is 1. The maximum Gasteiger partial charge on any atom is 0.408 e. The zero-order valence-electron chi connectivity index (χ0n) is 19.6. The number of ether oxygens (including phenoxy) is 1. The smallest absolute Gasteiger partial charge is 0.408 e. The van der Waals surface area contributed by atoms with Gasteiger partial charge in [0, 0.05) is 12.5 Å². The van der Waals surface area contributed by atoms with E-state index in [9.17, 15) is 24.3 Å². The van der Waals surface area contributed by atoms with Crippen molar-refractivity contribution in [2.75, 3.05) is 6.54 Å². The Hall–Kier alpha value is -2.58. The van der Waals surface area contributed by atoms with E-state index in [2.05, 4.69) is 17.2 Å². The minimum atomic E-state index is -1.34. The second-order valence-electron chi connectivity index (χ2n) is 11.2. The van der Waals surface area contributed by atoms with Gasteiger partial charge >= 0.3 is 12.1 Å². The average molecular weight is 462 g/mol. The van der Waals surface area contributed by atoms with Crippen LogP contribution in [0.5, 0.6) is 0 Å². The maximum absolute atomic E-state index is 13.5. The number of aliphatic carboxylic acids is 1. The van der Waals surface area contributed by atoms with Crippen molar-refractivity contribution in [1.29, 1.82) is 0 Å². The van der Waals surface area contributed by atoms with Crippen molar-refractivity contribution in [1.82, 2.24) is 15.5 Å². The van der Waals surface area contributed by atoms with Crippen LogP contribution in [0.3, 0.4) is 0 Å². The van der Waals surface area contributed by atoms with Crippen LogP contribution in [0.4, 0.5) is 4.79 Å². The Kier molecular flexibility index (Phi) is 5.95. The fourth-order valence-electron chi connectivity index (χ4n) is 5.49. The van der Waals surface area contributed by atoms with Crippen molar-refractivity contribution in [2.24, 2.45) is 23.2 Å². The number of amides is 3. The summed E-state index contributed by atoms with van der Waals surface area (Å²) in [6.07, 6.45) is 5.18. The van der Waals surface area contributed by atoms with Gasteiger partial charge in [-0.1, -0.05) is 26.8 Å². The number of carbonyl (C=O) groups is 4. The lowest BCUT2D eigenvalue weighted by Crippen LogP contribution is -2.59. The molecule has 0 bridgehead atoms. The maximum atomic E-state index is 13.5. The van der Waals surface area contributed by atoms with Gasteiger partial charge in [-0.3, -0.25) is 9.59 Å². The minimum Gasteiger partial charge on any atom is -0.479 e. The third-order valence-corrected chi connectivity index (χ3v) is 7.71. The van der Waals surface area contributed by atoms with Gasteiger partial charge in [0.15, 0.2) is 0 Å². The molecule has 0 aromatic carbocycles. The number of fused-ring (bicyclic) bond motifs is 1. The quantitative estimate of drug-likeness (QED) is 0.499. The summed E-state index contributed by atoms with van der Waals surface area (Å²) in [6, 6.07) is -1.64. The molecule has 9 nitrogen and oxygen atoms in total. The lowest BCUT2D eigenvalue weighted by molar-refractivity contribution is -0.146. The summed E-state index contributed by atoms with van der Waals surface area (Å²) in [4.78, 5) is 52.3. The van der Waals surface area contributed by atoms with Crippen LogP contribution in [-0.4, -0.2) is 64.2 Å². The lowest BCUT2D eigenvalue weighted by atomic mass is 9.85. The highest BCUT2D eigenvalue weighted by atomic mass is 16.6. The first-order valence-electron chi connectivity index (χ1n) is 11.9. The molecule has 3 amide bonds. The Morgan fingerprint density at radius 1 is 1.18 bits per heavy atom. The molecule has 9 heteroatoms. The van der Waals surface area contributed by atoms with Gasteiger partial charge in [0.2, 0.25) is 11.8 Å². The second-order valence-corrected chi connectivity index (χ2v) is 11.2. The van der Waals surface area contributed by atoms with Gasteiger partial charge in [0.05, 0.1) is 0 Å².